The highest BCUT2D eigenvalue weighted by molar-refractivity contribution is 5.30. The fourth-order valence-corrected chi connectivity index (χ4v) is 1.72. The van der Waals surface area contributed by atoms with Gasteiger partial charge in [-0.05, 0) is 51.4 Å². The summed E-state index contributed by atoms with van der Waals surface area (Å²) in [6.07, 6.45) is 0.984. The molecule has 1 aromatic carbocycles. The van der Waals surface area contributed by atoms with Gasteiger partial charge in [-0.3, -0.25) is 0 Å². The van der Waals surface area contributed by atoms with Crippen molar-refractivity contribution >= 4 is 0 Å². The van der Waals surface area contributed by atoms with Crippen LogP contribution in [0, 0.1) is 0 Å². The highest BCUT2D eigenvalue weighted by atomic mass is 16.5. The summed E-state index contributed by atoms with van der Waals surface area (Å²) in [6, 6.07) is 8.48. The minimum absolute atomic E-state index is 0.0684. The van der Waals surface area contributed by atoms with Gasteiger partial charge >= 0.3 is 0 Å². The van der Waals surface area contributed by atoms with Crippen LogP contribution in [0.25, 0.3) is 0 Å². The van der Waals surface area contributed by atoms with Gasteiger partial charge in [0.15, 0.2) is 0 Å². The molecule has 3 nitrogen and oxygen atoms in total. The minimum atomic E-state index is -0.0684. The number of hydrogen-bond acceptors (Lipinski definition) is 3. The lowest BCUT2D eigenvalue weighted by Gasteiger charge is -2.24. The van der Waals surface area contributed by atoms with Crippen LogP contribution in [0.1, 0.15) is 38.8 Å². The summed E-state index contributed by atoms with van der Waals surface area (Å²) in [5, 5.41) is 3.51. The average molecular weight is 251 g/mol. The Morgan fingerprint density at radius 1 is 1.28 bits per heavy atom. The van der Waals surface area contributed by atoms with E-state index in [1.807, 2.05) is 12.1 Å². The van der Waals surface area contributed by atoms with E-state index in [9.17, 15) is 0 Å². The molecule has 1 aromatic rings. The summed E-state index contributed by atoms with van der Waals surface area (Å²) in [5.41, 5.74) is 1.17. The van der Waals surface area contributed by atoms with Gasteiger partial charge in [-0.25, -0.2) is 0 Å². The van der Waals surface area contributed by atoms with Crippen LogP contribution in [-0.2, 0) is 4.74 Å². The standard InChI is InChI=1S/C15H25NO2/c1-12(16-10-9-15(2,3)18-5)13-7-6-8-14(11-13)17-4/h6-8,11-12,16H,9-10H2,1-5H3/t12-/m1/s1. The van der Waals surface area contributed by atoms with Crippen molar-refractivity contribution in [3.63, 3.8) is 0 Å². The summed E-state index contributed by atoms with van der Waals surface area (Å²) < 4.78 is 10.6. The monoisotopic (exact) mass is 251 g/mol. The first-order chi connectivity index (χ1) is 8.48. The molecule has 0 saturated carbocycles. The number of hydrogen-bond donors (Lipinski definition) is 1. The molecule has 0 aliphatic heterocycles. The van der Waals surface area contributed by atoms with Crippen molar-refractivity contribution in [3.8, 4) is 5.75 Å². The molecule has 0 spiro atoms. The number of benzene rings is 1. The third-order valence-electron chi connectivity index (χ3n) is 3.32. The van der Waals surface area contributed by atoms with E-state index in [0.717, 1.165) is 18.7 Å². The second-order valence-corrected chi connectivity index (χ2v) is 5.17. The fraction of sp³-hybridized carbons (Fsp3) is 0.600. The molecule has 0 unspecified atom stereocenters. The van der Waals surface area contributed by atoms with Gasteiger partial charge in [-0.1, -0.05) is 12.1 Å². The molecule has 1 rings (SSSR count). The Labute approximate surface area is 110 Å². The lowest BCUT2D eigenvalue weighted by atomic mass is 10.0. The highest BCUT2D eigenvalue weighted by Gasteiger charge is 2.16. The molecule has 3 heteroatoms. The molecule has 0 fully saturated rings. The zero-order chi connectivity index (χ0) is 13.6. The topological polar surface area (TPSA) is 30.5 Å². The first kappa shape index (κ1) is 15.0. The highest BCUT2D eigenvalue weighted by Crippen LogP contribution is 2.19. The molecule has 0 bridgehead atoms. The normalized spacial score (nSPS) is 13.4. The van der Waals surface area contributed by atoms with Crippen LogP contribution in [0.3, 0.4) is 0 Å². The zero-order valence-electron chi connectivity index (χ0n) is 12.1. The van der Waals surface area contributed by atoms with Crippen LogP contribution in [0.2, 0.25) is 0 Å². The Bertz CT molecular complexity index is 363. The molecule has 0 aromatic heterocycles. The Hall–Kier alpha value is -1.06. The fourth-order valence-electron chi connectivity index (χ4n) is 1.72. The van der Waals surface area contributed by atoms with Gasteiger partial charge in [0.05, 0.1) is 12.7 Å². The molecule has 1 atom stereocenters. The second kappa shape index (κ2) is 6.76. The molecule has 1 N–H and O–H groups in total. The first-order valence-corrected chi connectivity index (χ1v) is 6.41. The Morgan fingerprint density at radius 3 is 2.61 bits per heavy atom. The summed E-state index contributed by atoms with van der Waals surface area (Å²) in [6.45, 7) is 7.30. The molecule has 18 heavy (non-hydrogen) atoms. The van der Waals surface area contributed by atoms with E-state index >= 15 is 0 Å². The SMILES string of the molecule is COc1cccc([C@@H](C)NCCC(C)(C)OC)c1. The molecular weight excluding hydrogens is 226 g/mol. The Morgan fingerprint density at radius 2 is 2.00 bits per heavy atom. The molecule has 0 saturated heterocycles. The largest absolute Gasteiger partial charge is 0.497 e. The van der Waals surface area contributed by atoms with E-state index < -0.39 is 0 Å². The summed E-state index contributed by atoms with van der Waals surface area (Å²) in [5.74, 6) is 0.901. The second-order valence-electron chi connectivity index (χ2n) is 5.17. The maximum atomic E-state index is 5.40. The van der Waals surface area contributed by atoms with Crippen LogP contribution >= 0.6 is 0 Å². The van der Waals surface area contributed by atoms with E-state index in [1.54, 1.807) is 14.2 Å². The quantitative estimate of drug-likeness (QED) is 0.807. The molecule has 0 aliphatic carbocycles. The van der Waals surface area contributed by atoms with Crippen molar-refractivity contribution in [3.05, 3.63) is 29.8 Å². The van der Waals surface area contributed by atoms with Crippen LogP contribution in [-0.4, -0.2) is 26.4 Å². The van der Waals surface area contributed by atoms with E-state index in [0.29, 0.717) is 6.04 Å². The van der Waals surface area contributed by atoms with Crippen molar-refractivity contribution in [2.24, 2.45) is 0 Å². The molecule has 0 amide bonds. The smallest absolute Gasteiger partial charge is 0.119 e. The van der Waals surface area contributed by atoms with Gasteiger partial charge in [-0.2, -0.15) is 0 Å². The minimum Gasteiger partial charge on any atom is -0.497 e. The molecule has 0 heterocycles. The lowest BCUT2D eigenvalue weighted by Crippen LogP contribution is -2.30. The zero-order valence-corrected chi connectivity index (χ0v) is 12.1. The molecule has 0 aliphatic rings. The van der Waals surface area contributed by atoms with E-state index in [4.69, 9.17) is 9.47 Å². The van der Waals surface area contributed by atoms with Crippen LogP contribution < -0.4 is 10.1 Å². The number of ether oxygens (including phenoxy) is 2. The van der Waals surface area contributed by atoms with Gasteiger partial charge in [-0.15, -0.1) is 0 Å². The third-order valence-corrected chi connectivity index (χ3v) is 3.32. The van der Waals surface area contributed by atoms with Crippen LogP contribution in [0.4, 0.5) is 0 Å². The average Bonchev–Trinajstić information content (AvgIpc) is 2.38. The summed E-state index contributed by atoms with van der Waals surface area (Å²) >= 11 is 0. The van der Waals surface area contributed by atoms with E-state index in [-0.39, 0.29) is 5.60 Å². The Kier molecular flexibility index (Phi) is 5.63. The predicted octanol–water partition coefficient (Wildman–Crippen LogP) is 3.16. The first-order valence-electron chi connectivity index (χ1n) is 6.41. The van der Waals surface area contributed by atoms with Gasteiger partial charge < -0.3 is 14.8 Å². The number of methoxy groups -OCH3 is 2. The van der Waals surface area contributed by atoms with Crippen LogP contribution in [0.5, 0.6) is 5.75 Å². The van der Waals surface area contributed by atoms with Crippen molar-refractivity contribution < 1.29 is 9.47 Å². The van der Waals surface area contributed by atoms with Crippen LogP contribution in [0.15, 0.2) is 24.3 Å². The van der Waals surface area contributed by atoms with Crippen molar-refractivity contribution in [1.82, 2.24) is 5.32 Å². The number of rotatable bonds is 7. The van der Waals surface area contributed by atoms with Crippen molar-refractivity contribution in [2.75, 3.05) is 20.8 Å². The van der Waals surface area contributed by atoms with Gasteiger partial charge in [0.1, 0.15) is 5.75 Å². The summed E-state index contributed by atoms with van der Waals surface area (Å²) in [7, 11) is 3.45. The predicted molar refractivity (Wildman–Crippen MR) is 75.1 cm³/mol. The molecule has 0 radical (unpaired) electrons. The maximum absolute atomic E-state index is 5.40. The van der Waals surface area contributed by atoms with E-state index in [2.05, 4.69) is 38.2 Å². The summed E-state index contributed by atoms with van der Waals surface area (Å²) in [4.78, 5) is 0. The van der Waals surface area contributed by atoms with Crippen molar-refractivity contribution in [1.29, 1.82) is 0 Å². The van der Waals surface area contributed by atoms with Crippen molar-refractivity contribution in [2.45, 2.75) is 38.8 Å². The number of nitrogens with one attached hydrogen (secondary N) is 1. The lowest BCUT2D eigenvalue weighted by molar-refractivity contribution is 0.0154. The third kappa shape index (κ3) is 4.67. The van der Waals surface area contributed by atoms with Gasteiger partial charge in [0, 0.05) is 13.2 Å². The Balaban J connectivity index is 2.47. The maximum Gasteiger partial charge on any atom is 0.119 e. The van der Waals surface area contributed by atoms with E-state index in [1.165, 1.54) is 5.56 Å². The van der Waals surface area contributed by atoms with Gasteiger partial charge in [0.25, 0.3) is 0 Å². The van der Waals surface area contributed by atoms with Gasteiger partial charge in [0.2, 0.25) is 0 Å². The molecular formula is C15H25NO2. The molecule has 102 valence electrons.